The van der Waals surface area contributed by atoms with Gasteiger partial charge in [0.1, 0.15) is 6.61 Å². The number of piperidine rings is 1. The summed E-state index contributed by atoms with van der Waals surface area (Å²) in [6.45, 7) is 5.79. The lowest BCUT2D eigenvalue weighted by Crippen LogP contribution is -2.60. The highest BCUT2D eigenvalue weighted by molar-refractivity contribution is 5.76. The van der Waals surface area contributed by atoms with Crippen molar-refractivity contribution in [2.24, 2.45) is 0 Å². The molecular weight excluding hydrogens is 206 g/mol. The van der Waals surface area contributed by atoms with Crippen LogP contribution >= 0.6 is 0 Å². The first kappa shape index (κ1) is 11.8. The van der Waals surface area contributed by atoms with Crippen molar-refractivity contribution in [3.05, 3.63) is 0 Å². The van der Waals surface area contributed by atoms with Crippen LogP contribution in [0.5, 0.6) is 0 Å². The number of nitrogens with zero attached hydrogens (tertiary/aromatic N) is 1. The minimum absolute atomic E-state index is 0.0324. The Labute approximate surface area is 96.5 Å². The Morgan fingerprint density at radius 3 is 2.62 bits per heavy atom. The van der Waals surface area contributed by atoms with Crippen LogP contribution in [0.4, 0.5) is 0 Å². The third-order valence-electron chi connectivity index (χ3n) is 3.19. The maximum Gasteiger partial charge on any atom is 0.260 e. The van der Waals surface area contributed by atoms with E-state index in [4.69, 9.17) is 4.74 Å². The molecule has 2 aliphatic heterocycles. The van der Waals surface area contributed by atoms with Crippen molar-refractivity contribution in [3.8, 4) is 0 Å². The van der Waals surface area contributed by atoms with Gasteiger partial charge in [0, 0.05) is 26.2 Å². The second-order valence-corrected chi connectivity index (χ2v) is 4.92. The number of carbonyl (C=O) groups excluding carboxylic acids is 1. The molecule has 1 amide bonds. The van der Waals surface area contributed by atoms with Gasteiger partial charge in [-0.2, -0.15) is 0 Å². The van der Waals surface area contributed by atoms with Crippen molar-refractivity contribution in [2.75, 3.05) is 32.8 Å². The van der Waals surface area contributed by atoms with Crippen molar-refractivity contribution in [1.29, 1.82) is 0 Å². The van der Waals surface area contributed by atoms with E-state index < -0.39 is 0 Å². The quantitative estimate of drug-likeness (QED) is 0.703. The molecule has 0 aromatic carbocycles. The molecule has 0 aromatic heterocycles. The summed E-state index contributed by atoms with van der Waals surface area (Å²) < 4.78 is 5.57. The Bertz CT molecular complexity index is 248. The van der Waals surface area contributed by atoms with Gasteiger partial charge in [0.2, 0.25) is 0 Å². The van der Waals surface area contributed by atoms with Gasteiger partial charge < -0.3 is 10.1 Å². The minimum atomic E-state index is -0.140. The summed E-state index contributed by atoms with van der Waals surface area (Å²) in [5, 5.41) is 5.14. The van der Waals surface area contributed by atoms with E-state index in [1.165, 1.54) is 19.3 Å². The van der Waals surface area contributed by atoms with Crippen LogP contribution in [-0.4, -0.2) is 49.3 Å². The minimum Gasteiger partial charge on any atom is -0.363 e. The van der Waals surface area contributed by atoms with Gasteiger partial charge in [0.05, 0.1) is 5.60 Å². The van der Waals surface area contributed by atoms with E-state index in [-0.39, 0.29) is 18.1 Å². The Morgan fingerprint density at radius 1 is 1.38 bits per heavy atom. The second-order valence-electron chi connectivity index (χ2n) is 4.92. The summed E-state index contributed by atoms with van der Waals surface area (Å²) in [7, 11) is 0. The van der Waals surface area contributed by atoms with Crippen molar-refractivity contribution < 1.29 is 9.53 Å². The standard InChI is InChI=1S/C11H21N3O2/c1-11(8-12-9-11)16-7-10(15)13-14-5-3-2-4-6-14/h12H,2-9H2,1H3,(H,13,15). The SMILES string of the molecule is CC1(OCC(=O)NN2CCCCC2)CNC1. The molecule has 2 fully saturated rings. The lowest BCUT2D eigenvalue weighted by Gasteiger charge is -2.39. The first-order valence-electron chi connectivity index (χ1n) is 6.07. The van der Waals surface area contributed by atoms with Crippen LogP contribution in [0.15, 0.2) is 0 Å². The summed E-state index contributed by atoms with van der Waals surface area (Å²) in [5.41, 5.74) is 2.75. The zero-order valence-corrected chi connectivity index (χ0v) is 9.92. The summed E-state index contributed by atoms with van der Waals surface area (Å²) in [5.74, 6) is -0.0324. The van der Waals surface area contributed by atoms with Gasteiger partial charge in [-0.05, 0) is 19.8 Å². The number of ether oxygens (including phenoxy) is 1. The van der Waals surface area contributed by atoms with Crippen LogP contribution in [-0.2, 0) is 9.53 Å². The molecular formula is C11H21N3O2. The molecule has 0 spiro atoms. The van der Waals surface area contributed by atoms with Crippen LogP contribution < -0.4 is 10.7 Å². The molecule has 0 saturated carbocycles. The molecule has 2 saturated heterocycles. The van der Waals surface area contributed by atoms with Crippen LogP contribution in [0.2, 0.25) is 0 Å². The highest BCUT2D eigenvalue weighted by Crippen LogP contribution is 2.14. The van der Waals surface area contributed by atoms with Gasteiger partial charge in [0.25, 0.3) is 5.91 Å². The van der Waals surface area contributed by atoms with Gasteiger partial charge >= 0.3 is 0 Å². The molecule has 16 heavy (non-hydrogen) atoms. The van der Waals surface area contributed by atoms with Gasteiger partial charge in [-0.15, -0.1) is 0 Å². The van der Waals surface area contributed by atoms with Gasteiger partial charge in [0.15, 0.2) is 0 Å². The summed E-state index contributed by atoms with van der Waals surface area (Å²) in [6, 6.07) is 0. The van der Waals surface area contributed by atoms with E-state index >= 15 is 0 Å². The summed E-state index contributed by atoms with van der Waals surface area (Å²) in [6.07, 6.45) is 3.61. The number of carbonyl (C=O) groups is 1. The largest absolute Gasteiger partial charge is 0.363 e. The third kappa shape index (κ3) is 3.17. The molecule has 2 aliphatic rings. The Hall–Kier alpha value is -0.650. The zero-order valence-electron chi connectivity index (χ0n) is 9.92. The molecule has 0 atom stereocenters. The van der Waals surface area contributed by atoms with E-state index in [2.05, 4.69) is 10.7 Å². The Balaban J connectivity index is 1.63. The number of rotatable bonds is 4. The van der Waals surface area contributed by atoms with E-state index in [0.717, 1.165) is 26.2 Å². The molecule has 2 rings (SSSR count). The fourth-order valence-corrected chi connectivity index (χ4v) is 2.03. The third-order valence-corrected chi connectivity index (χ3v) is 3.19. The van der Waals surface area contributed by atoms with Crippen LogP contribution in [0, 0.1) is 0 Å². The van der Waals surface area contributed by atoms with Crippen LogP contribution in [0.1, 0.15) is 26.2 Å². The molecule has 0 bridgehead atoms. The maximum absolute atomic E-state index is 11.6. The average molecular weight is 227 g/mol. The molecule has 2 heterocycles. The molecule has 0 radical (unpaired) electrons. The first-order chi connectivity index (χ1) is 7.68. The fourth-order valence-electron chi connectivity index (χ4n) is 2.03. The second kappa shape index (κ2) is 5.12. The van der Waals surface area contributed by atoms with Crippen molar-refractivity contribution >= 4 is 5.91 Å². The summed E-state index contributed by atoms with van der Waals surface area (Å²) >= 11 is 0. The maximum atomic E-state index is 11.6. The number of hydrogen-bond donors (Lipinski definition) is 2. The summed E-state index contributed by atoms with van der Waals surface area (Å²) in [4.78, 5) is 11.6. The smallest absolute Gasteiger partial charge is 0.260 e. The van der Waals surface area contributed by atoms with E-state index in [1.54, 1.807) is 0 Å². The number of hydrazine groups is 1. The Morgan fingerprint density at radius 2 is 2.06 bits per heavy atom. The van der Waals surface area contributed by atoms with Gasteiger partial charge in [-0.1, -0.05) is 6.42 Å². The molecule has 0 aliphatic carbocycles. The molecule has 5 heteroatoms. The lowest BCUT2D eigenvalue weighted by molar-refractivity contribution is -0.141. The molecule has 5 nitrogen and oxygen atoms in total. The fraction of sp³-hybridized carbons (Fsp3) is 0.909. The van der Waals surface area contributed by atoms with Gasteiger partial charge in [-0.3, -0.25) is 10.2 Å². The number of amides is 1. The zero-order chi connectivity index (χ0) is 11.4. The number of nitrogens with one attached hydrogen (secondary N) is 2. The van der Waals surface area contributed by atoms with E-state index in [9.17, 15) is 4.79 Å². The normalized spacial score (nSPS) is 24.8. The highest BCUT2D eigenvalue weighted by atomic mass is 16.5. The van der Waals surface area contributed by atoms with E-state index in [0.29, 0.717) is 0 Å². The van der Waals surface area contributed by atoms with Crippen LogP contribution in [0.25, 0.3) is 0 Å². The molecule has 92 valence electrons. The molecule has 0 unspecified atom stereocenters. The Kier molecular flexibility index (Phi) is 3.78. The molecule has 0 aromatic rings. The van der Waals surface area contributed by atoms with Gasteiger partial charge in [-0.25, -0.2) is 5.01 Å². The van der Waals surface area contributed by atoms with Crippen molar-refractivity contribution in [2.45, 2.75) is 31.8 Å². The predicted molar refractivity (Wildman–Crippen MR) is 60.8 cm³/mol. The highest BCUT2D eigenvalue weighted by Gasteiger charge is 2.33. The topological polar surface area (TPSA) is 53.6 Å². The average Bonchev–Trinajstić information content (AvgIpc) is 2.25. The first-order valence-corrected chi connectivity index (χ1v) is 6.07. The van der Waals surface area contributed by atoms with E-state index in [1.807, 2.05) is 11.9 Å². The monoisotopic (exact) mass is 227 g/mol. The molecule has 2 N–H and O–H groups in total. The lowest BCUT2D eigenvalue weighted by atomic mass is 10.0. The number of hydrogen-bond acceptors (Lipinski definition) is 4. The van der Waals surface area contributed by atoms with Crippen molar-refractivity contribution in [1.82, 2.24) is 15.8 Å². The predicted octanol–water partition coefficient (Wildman–Crippen LogP) is -0.118. The van der Waals surface area contributed by atoms with Crippen LogP contribution in [0.3, 0.4) is 0 Å². The van der Waals surface area contributed by atoms with Crippen molar-refractivity contribution in [3.63, 3.8) is 0 Å².